The number of piperidine rings is 1. The highest BCUT2D eigenvalue weighted by molar-refractivity contribution is 6.02. The predicted octanol–water partition coefficient (Wildman–Crippen LogP) is 2.85. The molecule has 136 valence electrons. The Morgan fingerprint density at radius 1 is 1.31 bits per heavy atom. The number of benzene rings is 1. The monoisotopic (exact) mass is 356 g/mol. The van der Waals surface area contributed by atoms with Crippen molar-refractivity contribution in [3.05, 3.63) is 34.2 Å². The third-order valence-electron chi connectivity index (χ3n) is 5.44. The van der Waals surface area contributed by atoms with Gasteiger partial charge < -0.3 is 19.6 Å². The number of fused-ring (bicyclic) bond motifs is 3. The fourth-order valence-electron chi connectivity index (χ4n) is 4.08. The minimum absolute atomic E-state index is 0.0453. The Labute approximate surface area is 149 Å². The molecule has 7 heteroatoms. The summed E-state index contributed by atoms with van der Waals surface area (Å²) >= 11 is 0. The van der Waals surface area contributed by atoms with Crippen molar-refractivity contribution >= 4 is 27.7 Å². The van der Waals surface area contributed by atoms with Gasteiger partial charge in [0.2, 0.25) is 0 Å². The molecule has 1 atom stereocenters. The minimum Gasteiger partial charge on any atom is -0.440 e. The van der Waals surface area contributed by atoms with Gasteiger partial charge in [-0.3, -0.25) is 4.79 Å². The summed E-state index contributed by atoms with van der Waals surface area (Å²) in [4.78, 5) is 19.2. The molecule has 2 fully saturated rings. The number of aromatic nitrogens is 2. The highest BCUT2D eigenvalue weighted by atomic mass is 19.1. The molecule has 0 bridgehead atoms. The largest absolute Gasteiger partial charge is 0.440 e. The van der Waals surface area contributed by atoms with Gasteiger partial charge in [-0.2, -0.15) is 0 Å². The summed E-state index contributed by atoms with van der Waals surface area (Å²) in [6.07, 6.45) is 3.81. The van der Waals surface area contributed by atoms with Gasteiger partial charge in [0.1, 0.15) is 5.82 Å². The SMILES string of the molecule is Cc1nc2c(=O)n(C3CC3)c3cc(N4CCCC(N)C4)c(F)cc3c2o1. The van der Waals surface area contributed by atoms with Gasteiger partial charge in [-0.05, 0) is 37.8 Å². The summed E-state index contributed by atoms with van der Waals surface area (Å²) in [5.74, 6) is 0.0985. The lowest BCUT2D eigenvalue weighted by atomic mass is 10.0. The van der Waals surface area contributed by atoms with Crippen LogP contribution in [0, 0.1) is 12.7 Å². The van der Waals surface area contributed by atoms with Crippen LogP contribution in [-0.2, 0) is 0 Å². The van der Waals surface area contributed by atoms with Crippen molar-refractivity contribution in [2.45, 2.75) is 44.7 Å². The molecule has 0 spiro atoms. The standard InChI is InChI=1S/C19H21FN4O2/c1-10-22-17-18(26-10)13-7-14(20)16(23-6-2-3-11(21)9-23)8-15(13)24(19(17)25)12-4-5-12/h7-8,11-12H,2-6,9,21H2,1H3. The molecule has 2 aliphatic rings. The Hall–Kier alpha value is -2.41. The quantitative estimate of drug-likeness (QED) is 0.764. The second-order valence-electron chi connectivity index (χ2n) is 7.49. The lowest BCUT2D eigenvalue weighted by molar-refractivity contribution is 0.498. The first-order chi connectivity index (χ1) is 12.5. The van der Waals surface area contributed by atoms with Crippen LogP contribution in [0.1, 0.15) is 37.6 Å². The molecular formula is C19H21FN4O2. The van der Waals surface area contributed by atoms with Gasteiger partial charge in [0.15, 0.2) is 17.0 Å². The number of hydrogen-bond donors (Lipinski definition) is 1. The molecule has 0 radical (unpaired) electrons. The summed E-state index contributed by atoms with van der Waals surface area (Å²) in [5.41, 5.74) is 7.81. The normalized spacial score (nSPS) is 21.0. The van der Waals surface area contributed by atoms with Crippen LogP contribution in [0.4, 0.5) is 10.1 Å². The van der Waals surface area contributed by atoms with Crippen LogP contribution in [-0.4, -0.2) is 28.7 Å². The number of oxazole rings is 1. The van der Waals surface area contributed by atoms with Crippen LogP contribution >= 0.6 is 0 Å². The lowest BCUT2D eigenvalue weighted by Crippen LogP contribution is -2.43. The Morgan fingerprint density at radius 2 is 2.12 bits per heavy atom. The smallest absolute Gasteiger partial charge is 0.281 e. The Kier molecular flexibility index (Phi) is 3.37. The van der Waals surface area contributed by atoms with E-state index in [1.807, 2.05) is 4.90 Å². The molecule has 3 aromatic rings. The first-order valence-electron chi connectivity index (χ1n) is 9.18. The van der Waals surface area contributed by atoms with E-state index in [1.54, 1.807) is 17.6 Å². The van der Waals surface area contributed by atoms with Crippen molar-refractivity contribution in [2.75, 3.05) is 18.0 Å². The van der Waals surface area contributed by atoms with Crippen LogP contribution in [0.5, 0.6) is 0 Å². The Bertz CT molecular complexity index is 1080. The number of anilines is 1. The molecule has 3 heterocycles. The maximum atomic E-state index is 15.0. The molecule has 1 saturated carbocycles. The number of nitrogens with two attached hydrogens (primary N) is 1. The Morgan fingerprint density at radius 3 is 2.85 bits per heavy atom. The zero-order chi connectivity index (χ0) is 18.0. The predicted molar refractivity (Wildman–Crippen MR) is 98.2 cm³/mol. The highest BCUT2D eigenvalue weighted by Crippen LogP contribution is 2.39. The maximum absolute atomic E-state index is 15.0. The average molecular weight is 356 g/mol. The summed E-state index contributed by atoms with van der Waals surface area (Å²) in [6.45, 7) is 3.10. The van der Waals surface area contributed by atoms with Gasteiger partial charge in [-0.1, -0.05) is 0 Å². The molecule has 6 nitrogen and oxygen atoms in total. The minimum atomic E-state index is -0.317. The highest BCUT2D eigenvalue weighted by Gasteiger charge is 2.30. The number of hydrogen-bond acceptors (Lipinski definition) is 5. The van der Waals surface area contributed by atoms with E-state index >= 15 is 0 Å². The van der Waals surface area contributed by atoms with E-state index in [4.69, 9.17) is 10.2 Å². The van der Waals surface area contributed by atoms with Crippen LogP contribution in [0.2, 0.25) is 0 Å². The second-order valence-corrected chi connectivity index (χ2v) is 7.49. The van der Waals surface area contributed by atoms with Crippen LogP contribution < -0.4 is 16.2 Å². The summed E-state index contributed by atoms with van der Waals surface area (Å²) in [7, 11) is 0. The molecule has 0 amide bonds. The van der Waals surface area contributed by atoms with Crippen LogP contribution in [0.15, 0.2) is 21.3 Å². The summed E-state index contributed by atoms with van der Waals surface area (Å²) in [5, 5.41) is 0.606. The zero-order valence-electron chi connectivity index (χ0n) is 14.7. The third kappa shape index (κ3) is 2.34. The first-order valence-corrected chi connectivity index (χ1v) is 9.18. The molecule has 1 aliphatic carbocycles. The molecule has 2 aromatic heterocycles. The van der Waals surface area contributed by atoms with E-state index in [2.05, 4.69) is 4.98 Å². The summed E-state index contributed by atoms with van der Waals surface area (Å²) in [6, 6.07) is 3.48. The maximum Gasteiger partial charge on any atom is 0.281 e. The zero-order valence-corrected chi connectivity index (χ0v) is 14.7. The second kappa shape index (κ2) is 5.54. The van der Waals surface area contributed by atoms with E-state index in [0.29, 0.717) is 29.1 Å². The molecule has 5 rings (SSSR count). The van der Waals surface area contributed by atoms with E-state index in [0.717, 1.165) is 37.7 Å². The van der Waals surface area contributed by atoms with Crippen molar-refractivity contribution in [1.82, 2.24) is 9.55 Å². The van der Waals surface area contributed by atoms with Crippen LogP contribution in [0.25, 0.3) is 22.0 Å². The van der Waals surface area contributed by atoms with E-state index in [1.165, 1.54) is 6.07 Å². The Balaban J connectivity index is 1.80. The van der Waals surface area contributed by atoms with Crippen molar-refractivity contribution < 1.29 is 8.81 Å². The van der Waals surface area contributed by atoms with Crippen molar-refractivity contribution in [3.8, 4) is 0 Å². The third-order valence-corrected chi connectivity index (χ3v) is 5.44. The van der Waals surface area contributed by atoms with Crippen molar-refractivity contribution in [3.63, 3.8) is 0 Å². The molecule has 1 saturated heterocycles. The summed E-state index contributed by atoms with van der Waals surface area (Å²) < 4.78 is 22.4. The fraction of sp³-hybridized carbons (Fsp3) is 0.474. The van der Waals surface area contributed by atoms with Crippen LogP contribution in [0.3, 0.4) is 0 Å². The number of pyridine rings is 1. The lowest BCUT2D eigenvalue weighted by Gasteiger charge is -2.33. The van der Waals surface area contributed by atoms with E-state index in [-0.39, 0.29) is 29.0 Å². The van der Waals surface area contributed by atoms with Crippen molar-refractivity contribution in [1.29, 1.82) is 0 Å². The number of nitrogens with zero attached hydrogens (tertiary/aromatic N) is 3. The number of aryl methyl sites for hydroxylation is 1. The molecular weight excluding hydrogens is 335 g/mol. The van der Waals surface area contributed by atoms with Crippen molar-refractivity contribution in [2.24, 2.45) is 5.73 Å². The van der Waals surface area contributed by atoms with Gasteiger partial charge in [-0.25, -0.2) is 9.37 Å². The molecule has 2 N–H and O–H groups in total. The molecule has 1 aliphatic heterocycles. The fourth-order valence-corrected chi connectivity index (χ4v) is 4.08. The van der Waals surface area contributed by atoms with Gasteiger partial charge in [0, 0.05) is 37.5 Å². The van der Waals surface area contributed by atoms with Gasteiger partial charge in [0.05, 0.1) is 11.2 Å². The van der Waals surface area contributed by atoms with Gasteiger partial charge in [0.25, 0.3) is 5.56 Å². The molecule has 1 unspecified atom stereocenters. The van der Waals surface area contributed by atoms with E-state index < -0.39 is 0 Å². The van der Waals surface area contributed by atoms with Gasteiger partial charge in [-0.15, -0.1) is 0 Å². The topological polar surface area (TPSA) is 77.3 Å². The first kappa shape index (κ1) is 15.8. The average Bonchev–Trinajstić information content (AvgIpc) is 3.36. The number of rotatable bonds is 2. The van der Waals surface area contributed by atoms with Gasteiger partial charge >= 0.3 is 0 Å². The molecule has 1 aromatic carbocycles. The number of halogens is 1. The molecule has 26 heavy (non-hydrogen) atoms. The van der Waals surface area contributed by atoms with E-state index in [9.17, 15) is 9.18 Å².